The minimum absolute atomic E-state index is 0.278. The fourth-order valence-corrected chi connectivity index (χ4v) is 5.74. The third kappa shape index (κ3) is 6.79. The number of aromatic nitrogens is 1. The number of allylic oxidation sites excluding steroid dienone is 1. The lowest BCUT2D eigenvalue weighted by atomic mass is 10.2. The van der Waals surface area contributed by atoms with Crippen molar-refractivity contribution in [2.75, 3.05) is 19.8 Å². The molecule has 0 saturated heterocycles. The minimum Gasteiger partial charge on any atom is -0.401 e. The maximum Gasteiger partial charge on any atom is 0.175 e. The molecule has 7 nitrogen and oxygen atoms in total. The number of benzene rings is 2. The summed E-state index contributed by atoms with van der Waals surface area (Å²) in [5.74, 6) is 0.795. The van der Waals surface area contributed by atoms with Gasteiger partial charge in [0.25, 0.3) is 0 Å². The van der Waals surface area contributed by atoms with Gasteiger partial charge in [-0.05, 0) is 68.9 Å². The van der Waals surface area contributed by atoms with E-state index in [9.17, 15) is 8.42 Å². The second-order valence-electron chi connectivity index (χ2n) is 9.11. The first-order valence-electron chi connectivity index (χ1n) is 11.8. The average Bonchev–Trinajstić information content (AvgIpc) is 3.47. The lowest BCUT2D eigenvalue weighted by molar-refractivity contribution is 0.347. The van der Waals surface area contributed by atoms with E-state index in [2.05, 4.69) is 10.1 Å². The van der Waals surface area contributed by atoms with E-state index in [1.807, 2.05) is 63.4 Å². The number of nitrogens with two attached hydrogens (primary N) is 1. The molecule has 0 aliphatic carbocycles. The second kappa shape index (κ2) is 11.7. The number of likely N-dealkylation sites (N-methyl/N-ethyl adjacent to an activating group) is 1. The summed E-state index contributed by atoms with van der Waals surface area (Å²) >= 11 is 7.92. The molecule has 0 spiro atoms. The topological polar surface area (TPSA) is 102 Å². The Kier molecular flexibility index (Phi) is 8.52. The van der Waals surface area contributed by atoms with Gasteiger partial charge in [-0.2, -0.15) is 0 Å². The zero-order chi connectivity index (χ0) is 27.4. The van der Waals surface area contributed by atoms with Crippen LogP contribution in [0.2, 0.25) is 5.02 Å². The van der Waals surface area contributed by atoms with Crippen molar-refractivity contribution in [1.29, 1.82) is 0 Å². The third-order valence-corrected chi connectivity index (χ3v) is 8.47. The quantitative estimate of drug-likeness (QED) is 0.242. The Morgan fingerprint density at radius 1 is 1.16 bits per heavy atom. The van der Waals surface area contributed by atoms with Crippen molar-refractivity contribution in [3.8, 4) is 10.4 Å². The molecule has 0 atom stereocenters. The SMILES string of the molecule is Cc1noc(C)c1CN(C)C/C(N)=C/C(=Nc1ccccc1Cl)c1ccc(-c2cccc(S(C)(=O)=O)c2)s1. The van der Waals surface area contributed by atoms with Gasteiger partial charge < -0.3 is 10.3 Å². The summed E-state index contributed by atoms with van der Waals surface area (Å²) in [6.07, 6.45) is 3.06. The molecule has 0 bridgehead atoms. The van der Waals surface area contributed by atoms with Crippen molar-refractivity contribution in [1.82, 2.24) is 10.1 Å². The van der Waals surface area contributed by atoms with Gasteiger partial charge in [0.2, 0.25) is 0 Å². The van der Waals surface area contributed by atoms with Crippen molar-refractivity contribution >= 4 is 44.2 Å². The van der Waals surface area contributed by atoms with Crippen molar-refractivity contribution in [3.05, 3.63) is 99.4 Å². The van der Waals surface area contributed by atoms with E-state index in [0.29, 0.717) is 35.2 Å². The van der Waals surface area contributed by atoms with Gasteiger partial charge in [-0.25, -0.2) is 13.4 Å². The molecule has 0 aliphatic rings. The maximum atomic E-state index is 12.0. The van der Waals surface area contributed by atoms with Crippen LogP contribution in [-0.4, -0.2) is 44.0 Å². The number of hydrogen-bond acceptors (Lipinski definition) is 8. The van der Waals surface area contributed by atoms with E-state index in [-0.39, 0.29) is 4.90 Å². The van der Waals surface area contributed by atoms with Crippen LogP contribution in [0.3, 0.4) is 0 Å². The number of aliphatic imine (C=N–C) groups is 1. The summed E-state index contributed by atoms with van der Waals surface area (Å²) in [6, 6.07) is 18.2. The first-order chi connectivity index (χ1) is 18.0. The van der Waals surface area contributed by atoms with Crippen LogP contribution in [0.1, 0.15) is 21.9 Å². The Bertz CT molecular complexity index is 1600. The number of thiophene rings is 1. The van der Waals surface area contributed by atoms with Gasteiger partial charge in [-0.15, -0.1) is 11.3 Å². The smallest absolute Gasteiger partial charge is 0.175 e. The van der Waals surface area contributed by atoms with Gasteiger partial charge in [0.15, 0.2) is 9.84 Å². The van der Waals surface area contributed by atoms with Gasteiger partial charge in [0, 0.05) is 35.5 Å². The van der Waals surface area contributed by atoms with Crippen LogP contribution >= 0.6 is 22.9 Å². The normalized spacial score (nSPS) is 12.9. The standard InChI is InChI=1S/C28H29ClN4O3S2/c1-18-23(19(2)36-32-18)17-33(3)16-21(30)15-26(31-25-11-6-5-10-24(25)29)28-13-12-27(37-28)20-8-7-9-22(14-20)38(4,34)35/h5-15H,16-17,30H2,1-4H3/b21-15-,31-26?. The third-order valence-electron chi connectivity index (χ3n) is 5.88. The molecule has 10 heteroatoms. The zero-order valence-corrected chi connectivity index (χ0v) is 24.0. The first kappa shape index (κ1) is 27.8. The molecule has 38 heavy (non-hydrogen) atoms. The van der Waals surface area contributed by atoms with Gasteiger partial charge >= 0.3 is 0 Å². The molecule has 2 N–H and O–H groups in total. The van der Waals surface area contributed by atoms with E-state index in [1.165, 1.54) is 17.6 Å². The number of rotatable bonds is 9. The fraction of sp³-hybridized carbons (Fsp3) is 0.214. The first-order valence-corrected chi connectivity index (χ1v) is 14.9. The number of aryl methyl sites for hydroxylation is 2. The highest BCUT2D eigenvalue weighted by atomic mass is 35.5. The molecule has 2 heterocycles. The Morgan fingerprint density at radius 3 is 2.61 bits per heavy atom. The highest BCUT2D eigenvalue weighted by molar-refractivity contribution is 7.90. The van der Waals surface area contributed by atoms with Crippen LogP contribution in [0.5, 0.6) is 0 Å². The summed E-state index contributed by atoms with van der Waals surface area (Å²) in [5.41, 5.74) is 11.1. The van der Waals surface area contributed by atoms with Crippen molar-refractivity contribution < 1.29 is 12.9 Å². The van der Waals surface area contributed by atoms with E-state index >= 15 is 0 Å². The zero-order valence-electron chi connectivity index (χ0n) is 21.6. The monoisotopic (exact) mass is 568 g/mol. The van der Waals surface area contributed by atoms with Gasteiger partial charge in [-0.3, -0.25) is 4.90 Å². The van der Waals surface area contributed by atoms with Crippen molar-refractivity contribution in [3.63, 3.8) is 0 Å². The largest absolute Gasteiger partial charge is 0.401 e. The summed E-state index contributed by atoms with van der Waals surface area (Å²) in [5, 5.41) is 4.56. The number of para-hydroxylation sites is 1. The van der Waals surface area contributed by atoms with Crippen LogP contribution in [-0.2, 0) is 16.4 Å². The predicted molar refractivity (Wildman–Crippen MR) is 155 cm³/mol. The van der Waals surface area contributed by atoms with Crippen LogP contribution in [0.25, 0.3) is 10.4 Å². The van der Waals surface area contributed by atoms with Crippen LogP contribution in [0, 0.1) is 13.8 Å². The van der Waals surface area contributed by atoms with Crippen LogP contribution in [0.15, 0.2) is 86.8 Å². The fourth-order valence-electron chi connectivity index (χ4n) is 3.93. The van der Waals surface area contributed by atoms with E-state index in [1.54, 1.807) is 24.3 Å². The van der Waals surface area contributed by atoms with Gasteiger partial charge in [0.1, 0.15) is 5.76 Å². The lowest BCUT2D eigenvalue weighted by Crippen LogP contribution is -2.24. The van der Waals surface area contributed by atoms with E-state index in [0.717, 1.165) is 32.3 Å². The molecule has 0 radical (unpaired) electrons. The summed E-state index contributed by atoms with van der Waals surface area (Å²) in [7, 11) is -1.33. The number of sulfone groups is 1. The lowest BCUT2D eigenvalue weighted by Gasteiger charge is -2.16. The highest BCUT2D eigenvalue weighted by Gasteiger charge is 2.15. The average molecular weight is 569 g/mol. The highest BCUT2D eigenvalue weighted by Crippen LogP contribution is 2.32. The minimum atomic E-state index is -3.31. The van der Waals surface area contributed by atoms with E-state index in [4.69, 9.17) is 26.9 Å². The molecule has 2 aromatic heterocycles. The molecule has 2 aromatic carbocycles. The van der Waals surface area contributed by atoms with Crippen molar-refractivity contribution in [2.24, 2.45) is 10.7 Å². The summed E-state index contributed by atoms with van der Waals surface area (Å²) in [4.78, 5) is 9.00. The number of nitrogens with zero attached hydrogens (tertiary/aromatic N) is 3. The molecule has 0 unspecified atom stereocenters. The van der Waals surface area contributed by atoms with Crippen molar-refractivity contribution in [2.45, 2.75) is 25.3 Å². The van der Waals surface area contributed by atoms with Crippen LogP contribution in [0.4, 0.5) is 5.69 Å². The van der Waals surface area contributed by atoms with Gasteiger partial charge in [-0.1, -0.05) is 41.0 Å². The molecule has 0 fully saturated rings. The van der Waals surface area contributed by atoms with Gasteiger partial charge in [0.05, 0.1) is 31.9 Å². The number of halogens is 1. The molecule has 4 aromatic rings. The predicted octanol–water partition coefficient (Wildman–Crippen LogP) is 6.17. The Morgan fingerprint density at radius 2 is 1.92 bits per heavy atom. The molecular weight excluding hydrogens is 540 g/mol. The maximum absolute atomic E-state index is 12.0. The summed E-state index contributed by atoms with van der Waals surface area (Å²) < 4.78 is 29.4. The Hall–Kier alpha value is -3.24. The molecular formula is C28H29ClN4O3S2. The molecule has 4 rings (SSSR count). The Labute approximate surface area is 232 Å². The summed E-state index contributed by atoms with van der Waals surface area (Å²) in [6.45, 7) is 4.97. The van der Waals surface area contributed by atoms with E-state index < -0.39 is 9.84 Å². The molecule has 0 aliphatic heterocycles. The number of hydrogen-bond donors (Lipinski definition) is 1. The van der Waals surface area contributed by atoms with Crippen LogP contribution < -0.4 is 5.73 Å². The molecule has 198 valence electrons. The Balaban J connectivity index is 1.66. The molecule has 0 saturated carbocycles. The second-order valence-corrected chi connectivity index (χ2v) is 12.6. The molecule has 0 amide bonds.